The summed E-state index contributed by atoms with van der Waals surface area (Å²) in [6.45, 7) is 6.06. The van der Waals surface area contributed by atoms with Crippen LogP contribution in [0, 0.1) is 11.3 Å². The number of piperidine rings is 2. The van der Waals surface area contributed by atoms with Crippen LogP contribution >= 0.6 is 0 Å². The Morgan fingerprint density at radius 2 is 1.67 bits per heavy atom. The van der Waals surface area contributed by atoms with Crippen molar-refractivity contribution in [1.82, 2.24) is 9.80 Å². The Balaban J connectivity index is 1.33. The highest BCUT2D eigenvalue weighted by molar-refractivity contribution is 5.89. The fraction of sp³-hybridized carbons (Fsp3) is 0.500. The number of nitrogens with zero attached hydrogens (tertiary/aromatic N) is 3. The molecule has 0 aromatic heterocycles. The van der Waals surface area contributed by atoms with Gasteiger partial charge in [-0.2, -0.15) is 5.26 Å². The summed E-state index contributed by atoms with van der Waals surface area (Å²) in [6, 6.07) is 15.5. The number of benzene rings is 2. The molecule has 192 valence electrons. The van der Waals surface area contributed by atoms with Crippen LogP contribution < -0.4 is 16.2 Å². The standard InChI is InChI=1S/C28H37N5O3/c29-18-21-4-5-27(35-15-14-32-10-6-25(30)7-11-32)24(16-21)20-36-28(34)23-3-1-2-22(17-23)19-33-12-8-26(31)9-13-33/h1-5,16-17,25-26H,6-15,19-20,30-31H2. The molecule has 2 aliphatic heterocycles. The lowest BCUT2D eigenvalue weighted by Crippen LogP contribution is -2.41. The van der Waals surface area contributed by atoms with Crippen molar-refractivity contribution in [2.45, 2.75) is 50.9 Å². The molecule has 2 heterocycles. The Kier molecular flexibility index (Phi) is 9.31. The minimum absolute atomic E-state index is 0.0382. The smallest absolute Gasteiger partial charge is 0.338 e. The van der Waals surface area contributed by atoms with Crippen LogP contribution in [0.2, 0.25) is 0 Å². The molecule has 0 unspecified atom stereocenters. The van der Waals surface area contributed by atoms with E-state index in [-0.39, 0.29) is 6.61 Å². The van der Waals surface area contributed by atoms with Crippen molar-refractivity contribution in [2.24, 2.45) is 11.5 Å². The summed E-state index contributed by atoms with van der Waals surface area (Å²) in [7, 11) is 0. The van der Waals surface area contributed by atoms with Gasteiger partial charge in [-0.25, -0.2) is 4.79 Å². The lowest BCUT2D eigenvalue weighted by Gasteiger charge is -2.30. The van der Waals surface area contributed by atoms with Crippen molar-refractivity contribution < 1.29 is 14.3 Å². The summed E-state index contributed by atoms with van der Waals surface area (Å²) in [5, 5.41) is 9.33. The summed E-state index contributed by atoms with van der Waals surface area (Å²) < 4.78 is 11.7. The fourth-order valence-electron chi connectivity index (χ4n) is 4.76. The highest BCUT2D eigenvalue weighted by Gasteiger charge is 2.18. The normalized spacial score (nSPS) is 18.0. The van der Waals surface area contributed by atoms with Gasteiger partial charge in [-0.05, 0) is 87.8 Å². The average molecular weight is 492 g/mol. The van der Waals surface area contributed by atoms with E-state index in [9.17, 15) is 10.1 Å². The van der Waals surface area contributed by atoms with Crippen molar-refractivity contribution in [3.05, 3.63) is 64.7 Å². The van der Waals surface area contributed by atoms with Crippen LogP contribution in [0.1, 0.15) is 52.7 Å². The van der Waals surface area contributed by atoms with Crippen LogP contribution in [0.3, 0.4) is 0 Å². The Labute approximate surface area is 213 Å². The van der Waals surface area contributed by atoms with Crippen LogP contribution in [0.15, 0.2) is 42.5 Å². The molecule has 0 aliphatic carbocycles. The van der Waals surface area contributed by atoms with Crippen LogP contribution in [-0.2, 0) is 17.9 Å². The number of esters is 1. The molecule has 0 spiro atoms. The molecule has 2 saturated heterocycles. The Morgan fingerprint density at radius 3 is 2.36 bits per heavy atom. The first-order valence-corrected chi connectivity index (χ1v) is 12.9. The summed E-state index contributed by atoms with van der Waals surface area (Å²) in [5.41, 5.74) is 14.8. The quantitative estimate of drug-likeness (QED) is 0.514. The monoisotopic (exact) mass is 491 g/mol. The number of hydrogen-bond donors (Lipinski definition) is 2. The average Bonchev–Trinajstić information content (AvgIpc) is 2.90. The number of rotatable bonds is 9. The number of likely N-dealkylation sites (tertiary alicyclic amines) is 2. The molecule has 8 nitrogen and oxygen atoms in total. The minimum Gasteiger partial charge on any atom is -0.492 e. The van der Waals surface area contributed by atoms with Crippen LogP contribution in [0.4, 0.5) is 0 Å². The van der Waals surface area contributed by atoms with E-state index in [1.165, 1.54) is 0 Å². The highest BCUT2D eigenvalue weighted by atomic mass is 16.5. The molecule has 8 heteroatoms. The van der Waals surface area contributed by atoms with Gasteiger partial charge in [0.25, 0.3) is 0 Å². The Hall–Kier alpha value is -2.96. The molecule has 0 bridgehead atoms. The van der Waals surface area contributed by atoms with Crippen molar-refractivity contribution in [2.75, 3.05) is 39.3 Å². The molecular weight excluding hydrogens is 454 g/mol. The second kappa shape index (κ2) is 12.8. The molecule has 2 aliphatic rings. The number of carbonyl (C=O) groups is 1. The second-order valence-electron chi connectivity index (χ2n) is 9.85. The van der Waals surface area contributed by atoms with Crippen molar-refractivity contribution in [3.8, 4) is 11.8 Å². The van der Waals surface area contributed by atoms with Gasteiger partial charge in [0.1, 0.15) is 19.0 Å². The van der Waals surface area contributed by atoms with Gasteiger partial charge in [-0.3, -0.25) is 9.80 Å². The summed E-state index contributed by atoms with van der Waals surface area (Å²) in [5.74, 6) is 0.239. The van der Waals surface area contributed by atoms with Gasteiger partial charge in [-0.1, -0.05) is 12.1 Å². The topological polar surface area (TPSA) is 118 Å². The molecule has 4 rings (SSSR count). The summed E-state index contributed by atoms with van der Waals surface area (Å²) in [6.07, 6.45) is 4.01. The largest absolute Gasteiger partial charge is 0.492 e. The number of hydrogen-bond acceptors (Lipinski definition) is 8. The van der Waals surface area contributed by atoms with Gasteiger partial charge < -0.3 is 20.9 Å². The number of carbonyl (C=O) groups excluding carboxylic acids is 1. The van der Waals surface area contributed by atoms with Crippen LogP contribution in [0.25, 0.3) is 0 Å². The molecule has 0 amide bonds. The third-order valence-corrected chi connectivity index (χ3v) is 7.05. The molecule has 0 radical (unpaired) electrons. The zero-order valence-electron chi connectivity index (χ0n) is 20.9. The van der Waals surface area contributed by atoms with Crippen molar-refractivity contribution >= 4 is 5.97 Å². The number of nitriles is 1. The molecule has 2 aromatic carbocycles. The van der Waals surface area contributed by atoms with E-state index in [2.05, 4.69) is 15.9 Å². The molecule has 2 aromatic rings. The second-order valence-corrected chi connectivity index (χ2v) is 9.85. The summed E-state index contributed by atoms with van der Waals surface area (Å²) in [4.78, 5) is 17.6. The van der Waals surface area contributed by atoms with Crippen molar-refractivity contribution in [1.29, 1.82) is 5.26 Å². The van der Waals surface area contributed by atoms with Gasteiger partial charge in [-0.15, -0.1) is 0 Å². The Morgan fingerprint density at radius 1 is 0.972 bits per heavy atom. The van der Waals surface area contributed by atoms with E-state index < -0.39 is 5.97 Å². The zero-order chi connectivity index (χ0) is 25.3. The lowest BCUT2D eigenvalue weighted by atomic mass is 10.0. The van der Waals surface area contributed by atoms with E-state index >= 15 is 0 Å². The molecule has 2 fully saturated rings. The maximum Gasteiger partial charge on any atom is 0.338 e. The summed E-state index contributed by atoms with van der Waals surface area (Å²) >= 11 is 0. The minimum atomic E-state index is -0.393. The number of ether oxygens (including phenoxy) is 2. The fourth-order valence-corrected chi connectivity index (χ4v) is 4.76. The van der Waals surface area contributed by atoms with Crippen LogP contribution in [-0.4, -0.2) is 67.2 Å². The van der Waals surface area contributed by atoms with Crippen molar-refractivity contribution in [3.63, 3.8) is 0 Å². The van der Waals surface area contributed by atoms with E-state index in [4.69, 9.17) is 20.9 Å². The van der Waals surface area contributed by atoms with Gasteiger partial charge in [0.05, 0.1) is 17.2 Å². The SMILES string of the molecule is N#Cc1ccc(OCCN2CCC(N)CC2)c(COC(=O)c2cccc(CN3CCC(N)CC3)c2)c1. The van der Waals surface area contributed by atoms with Gasteiger partial charge >= 0.3 is 5.97 Å². The third-order valence-electron chi connectivity index (χ3n) is 7.05. The molecular formula is C28H37N5O3. The zero-order valence-corrected chi connectivity index (χ0v) is 20.9. The molecule has 36 heavy (non-hydrogen) atoms. The molecule has 4 N–H and O–H groups in total. The maximum absolute atomic E-state index is 12.8. The maximum atomic E-state index is 12.8. The third kappa shape index (κ3) is 7.52. The molecule has 0 atom stereocenters. The van der Waals surface area contributed by atoms with Crippen LogP contribution in [0.5, 0.6) is 5.75 Å². The van der Waals surface area contributed by atoms with E-state index in [0.717, 1.165) is 70.5 Å². The van der Waals surface area contributed by atoms with E-state index in [1.54, 1.807) is 24.3 Å². The number of nitrogens with two attached hydrogens (primary N) is 2. The van der Waals surface area contributed by atoms with E-state index in [0.29, 0.717) is 41.1 Å². The first-order chi connectivity index (χ1) is 17.5. The highest BCUT2D eigenvalue weighted by Crippen LogP contribution is 2.22. The first-order valence-electron chi connectivity index (χ1n) is 12.9. The van der Waals surface area contributed by atoms with Gasteiger partial charge in [0.15, 0.2) is 0 Å². The lowest BCUT2D eigenvalue weighted by molar-refractivity contribution is 0.0468. The predicted molar refractivity (Wildman–Crippen MR) is 138 cm³/mol. The predicted octanol–water partition coefficient (Wildman–Crippen LogP) is 2.64. The molecule has 0 saturated carbocycles. The van der Waals surface area contributed by atoms with Gasteiger partial charge in [0, 0.05) is 30.7 Å². The first kappa shape index (κ1) is 26.1. The van der Waals surface area contributed by atoms with Gasteiger partial charge in [0.2, 0.25) is 0 Å². The van der Waals surface area contributed by atoms with E-state index in [1.807, 2.05) is 18.2 Å². The Bertz CT molecular complexity index is 1050.